The Labute approximate surface area is 140 Å². The fraction of sp³-hybridized carbons (Fsp3) is 0.562. The molecular weight excluding hydrogens is 352 g/mol. The molecule has 5 heteroatoms. The van der Waals surface area contributed by atoms with Gasteiger partial charge in [-0.2, -0.15) is 0 Å². The average Bonchev–Trinajstić information content (AvgIpc) is 3.07. The summed E-state index contributed by atoms with van der Waals surface area (Å²) in [5.41, 5.74) is 2.65. The lowest BCUT2D eigenvalue weighted by molar-refractivity contribution is -0.122. The lowest BCUT2D eigenvalue weighted by atomic mass is 10.0. The molecule has 116 valence electrons. The molecule has 21 heavy (non-hydrogen) atoms. The molecule has 2 unspecified atom stereocenters. The molecule has 3 nitrogen and oxygen atoms in total. The molecule has 1 fully saturated rings. The third-order valence-corrected chi connectivity index (χ3v) is 5.23. The minimum atomic E-state index is 0. The lowest BCUT2D eigenvalue weighted by Crippen LogP contribution is -2.27. The van der Waals surface area contributed by atoms with Gasteiger partial charge >= 0.3 is 0 Å². The van der Waals surface area contributed by atoms with Gasteiger partial charge in [-0.1, -0.05) is 28.1 Å². The van der Waals surface area contributed by atoms with Crippen molar-refractivity contribution in [2.24, 2.45) is 5.92 Å². The highest BCUT2D eigenvalue weighted by Crippen LogP contribution is 2.35. The summed E-state index contributed by atoms with van der Waals surface area (Å²) in [7, 11) is 0. The molecule has 0 spiro atoms. The van der Waals surface area contributed by atoms with Gasteiger partial charge in [-0.25, -0.2) is 0 Å². The van der Waals surface area contributed by atoms with Crippen LogP contribution in [0.25, 0.3) is 0 Å². The van der Waals surface area contributed by atoms with E-state index in [9.17, 15) is 4.79 Å². The first kappa shape index (κ1) is 16.8. The topological polar surface area (TPSA) is 41.1 Å². The van der Waals surface area contributed by atoms with E-state index < -0.39 is 0 Å². The van der Waals surface area contributed by atoms with Crippen molar-refractivity contribution >= 4 is 34.2 Å². The van der Waals surface area contributed by atoms with E-state index in [0.717, 1.165) is 32.4 Å². The second-order valence-corrected chi connectivity index (χ2v) is 6.72. The predicted octanol–water partition coefficient (Wildman–Crippen LogP) is 3.36. The number of hydrogen-bond donors (Lipinski definition) is 2. The maximum absolute atomic E-state index is 12.1. The summed E-state index contributed by atoms with van der Waals surface area (Å²) in [5, 5.41) is 6.56. The van der Waals surface area contributed by atoms with Gasteiger partial charge in [0.25, 0.3) is 0 Å². The SMILES string of the molecule is Cl.O=C(CCC1CCNC1)NC1CCc2c(Br)cccc21. The van der Waals surface area contributed by atoms with Crippen LogP contribution in [0.3, 0.4) is 0 Å². The van der Waals surface area contributed by atoms with Crippen molar-refractivity contribution in [3.8, 4) is 0 Å². The molecule has 1 aromatic rings. The van der Waals surface area contributed by atoms with Crippen molar-refractivity contribution in [1.82, 2.24) is 10.6 Å². The van der Waals surface area contributed by atoms with E-state index in [1.165, 1.54) is 22.0 Å². The Balaban J connectivity index is 0.00000161. The van der Waals surface area contributed by atoms with E-state index in [0.29, 0.717) is 12.3 Å². The van der Waals surface area contributed by atoms with Crippen molar-refractivity contribution in [3.63, 3.8) is 0 Å². The van der Waals surface area contributed by atoms with Crippen molar-refractivity contribution in [2.75, 3.05) is 13.1 Å². The fourth-order valence-electron chi connectivity index (χ4n) is 3.32. The van der Waals surface area contributed by atoms with Gasteiger partial charge in [0.1, 0.15) is 0 Å². The smallest absolute Gasteiger partial charge is 0.220 e. The third-order valence-electron chi connectivity index (χ3n) is 4.49. The molecule has 2 N–H and O–H groups in total. The van der Waals surface area contributed by atoms with Crippen LogP contribution in [0, 0.1) is 5.92 Å². The van der Waals surface area contributed by atoms with E-state index in [1.54, 1.807) is 0 Å². The van der Waals surface area contributed by atoms with E-state index >= 15 is 0 Å². The van der Waals surface area contributed by atoms with Crippen LogP contribution in [0.1, 0.15) is 42.9 Å². The minimum Gasteiger partial charge on any atom is -0.349 e. The van der Waals surface area contributed by atoms with Gasteiger partial charge < -0.3 is 10.6 Å². The van der Waals surface area contributed by atoms with Crippen LogP contribution in [0.15, 0.2) is 22.7 Å². The number of amides is 1. The van der Waals surface area contributed by atoms with Crippen LogP contribution in [0.4, 0.5) is 0 Å². The molecule has 1 amide bonds. The molecule has 1 aliphatic heterocycles. The number of halogens is 2. The summed E-state index contributed by atoms with van der Waals surface area (Å²) >= 11 is 3.60. The monoisotopic (exact) mass is 372 g/mol. The van der Waals surface area contributed by atoms with Gasteiger partial charge in [0.05, 0.1) is 6.04 Å². The maximum atomic E-state index is 12.1. The van der Waals surface area contributed by atoms with E-state index in [4.69, 9.17) is 0 Å². The number of benzene rings is 1. The Hall–Kier alpha value is -0.580. The number of nitrogens with one attached hydrogen (secondary N) is 2. The molecule has 1 saturated heterocycles. The van der Waals surface area contributed by atoms with Gasteiger partial charge in [-0.05, 0) is 61.9 Å². The predicted molar refractivity (Wildman–Crippen MR) is 90.8 cm³/mol. The second kappa shape index (κ2) is 7.61. The molecule has 1 heterocycles. The highest BCUT2D eigenvalue weighted by atomic mass is 79.9. The highest BCUT2D eigenvalue weighted by molar-refractivity contribution is 9.10. The first-order valence-electron chi connectivity index (χ1n) is 7.51. The molecule has 0 saturated carbocycles. The normalized spacial score (nSPS) is 23.5. The molecule has 1 aliphatic carbocycles. The van der Waals surface area contributed by atoms with Gasteiger partial charge in [0.2, 0.25) is 5.91 Å². The van der Waals surface area contributed by atoms with Gasteiger partial charge in [0, 0.05) is 10.9 Å². The summed E-state index contributed by atoms with van der Waals surface area (Å²) in [4.78, 5) is 12.1. The molecule has 0 bridgehead atoms. The number of rotatable bonds is 4. The molecule has 1 aromatic carbocycles. The van der Waals surface area contributed by atoms with Crippen LogP contribution in [-0.4, -0.2) is 19.0 Å². The van der Waals surface area contributed by atoms with Crippen molar-refractivity contribution in [3.05, 3.63) is 33.8 Å². The summed E-state index contributed by atoms with van der Waals surface area (Å²) in [6.45, 7) is 2.18. The summed E-state index contributed by atoms with van der Waals surface area (Å²) < 4.78 is 1.17. The Kier molecular flexibility index (Phi) is 6.08. The largest absolute Gasteiger partial charge is 0.349 e. The number of carbonyl (C=O) groups excluding carboxylic acids is 1. The lowest BCUT2D eigenvalue weighted by Gasteiger charge is -2.15. The molecule has 2 atom stereocenters. The van der Waals surface area contributed by atoms with Crippen molar-refractivity contribution in [2.45, 2.75) is 38.1 Å². The zero-order chi connectivity index (χ0) is 13.9. The van der Waals surface area contributed by atoms with Crippen LogP contribution < -0.4 is 10.6 Å². The van der Waals surface area contributed by atoms with Crippen LogP contribution in [-0.2, 0) is 11.2 Å². The number of carbonyl (C=O) groups is 1. The Morgan fingerprint density at radius 2 is 2.24 bits per heavy atom. The Morgan fingerprint density at radius 3 is 3.00 bits per heavy atom. The van der Waals surface area contributed by atoms with Crippen molar-refractivity contribution in [1.29, 1.82) is 0 Å². The number of hydrogen-bond acceptors (Lipinski definition) is 2. The highest BCUT2D eigenvalue weighted by Gasteiger charge is 2.25. The molecule has 3 rings (SSSR count). The van der Waals surface area contributed by atoms with Crippen LogP contribution >= 0.6 is 28.3 Å². The quantitative estimate of drug-likeness (QED) is 0.849. The zero-order valence-electron chi connectivity index (χ0n) is 12.0. The molecule has 2 aliphatic rings. The summed E-state index contributed by atoms with van der Waals surface area (Å²) in [6.07, 6.45) is 4.96. The Morgan fingerprint density at radius 1 is 1.38 bits per heavy atom. The van der Waals surface area contributed by atoms with Crippen LogP contribution in [0.5, 0.6) is 0 Å². The molecule has 0 radical (unpaired) electrons. The summed E-state index contributed by atoms with van der Waals surface area (Å²) in [6, 6.07) is 6.48. The molecular formula is C16H22BrClN2O. The van der Waals surface area contributed by atoms with Gasteiger partial charge in [-0.3, -0.25) is 4.79 Å². The van der Waals surface area contributed by atoms with Gasteiger partial charge in [0.15, 0.2) is 0 Å². The third kappa shape index (κ3) is 3.99. The standard InChI is InChI=1S/C16H21BrN2O.ClH/c17-14-3-1-2-13-12(14)5-6-15(13)19-16(20)7-4-11-8-9-18-10-11;/h1-3,11,15,18H,4-10H2,(H,19,20);1H. The number of fused-ring (bicyclic) bond motifs is 1. The van der Waals surface area contributed by atoms with Gasteiger partial charge in [-0.15, -0.1) is 12.4 Å². The second-order valence-electron chi connectivity index (χ2n) is 5.86. The van der Waals surface area contributed by atoms with E-state index in [-0.39, 0.29) is 24.4 Å². The fourth-order valence-corrected chi connectivity index (χ4v) is 3.90. The van der Waals surface area contributed by atoms with E-state index in [2.05, 4.69) is 44.8 Å². The van der Waals surface area contributed by atoms with Crippen LogP contribution in [0.2, 0.25) is 0 Å². The summed E-state index contributed by atoms with van der Waals surface area (Å²) in [5.74, 6) is 0.889. The van der Waals surface area contributed by atoms with Crippen molar-refractivity contribution < 1.29 is 4.79 Å². The Bertz CT molecular complexity index is 503. The minimum absolute atomic E-state index is 0. The average molecular weight is 374 g/mol. The zero-order valence-corrected chi connectivity index (χ0v) is 14.4. The van der Waals surface area contributed by atoms with E-state index in [1.807, 2.05) is 0 Å². The molecule has 0 aromatic heterocycles. The first-order valence-corrected chi connectivity index (χ1v) is 8.30. The maximum Gasteiger partial charge on any atom is 0.220 e. The first-order chi connectivity index (χ1) is 9.74.